The monoisotopic (exact) mass is 485 g/mol. The number of aromatic nitrogens is 2. The Morgan fingerprint density at radius 2 is 1.89 bits per heavy atom. The zero-order valence-electron chi connectivity index (χ0n) is 19.6. The largest absolute Gasteiger partial charge is 0.463 e. The van der Waals surface area contributed by atoms with Crippen LogP contribution >= 0.6 is 0 Å². The third kappa shape index (κ3) is 6.52. The highest BCUT2D eigenvalue weighted by atomic mass is 16.6. The van der Waals surface area contributed by atoms with Crippen LogP contribution in [0.3, 0.4) is 0 Å². The molecule has 1 aromatic carbocycles. The predicted octanol–water partition coefficient (Wildman–Crippen LogP) is 0.784. The molecule has 0 radical (unpaired) electrons. The van der Waals surface area contributed by atoms with Crippen LogP contribution in [0.5, 0.6) is 0 Å². The lowest BCUT2D eigenvalue weighted by atomic mass is 9.91. The number of cyclic esters (lactones) is 2. The van der Waals surface area contributed by atoms with Crippen LogP contribution in [0.15, 0.2) is 47.5 Å². The van der Waals surface area contributed by atoms with Crippen molar-refractivity contribution in [3.05, 3.63) is 64.3 Å². The van der Waals surface area contributed by atoms with Gasteiger partial charge >= 0.3 is 17.9 Å². The Labute approximate surface area is 201 Å². The van der Waals surface area contributed by atoms with Gasteiger partial charge in [-0.15, -0.1) is 0 Å². The van der Waals surface area contributed by atoms with Gasteiger partial charge < -0.3 is 24.5 Å². The smallest absolute Gasteiger partial charge is 0.332 e. The number of rotatable bonds is 6. The Kier molecular flexibility index (Phi) is 8.34. The van der Waals surface area contributed by atoms with E-state index in [1.165, 1.54) is 19.3 Å². The summed E-state index contributed by atoms with van der Waals surface area (Å²) in [7, 11) is 0. The standard InChI is InChI=1S/C24H27N3O8/c1-13(2)22(30)35-19-14(3)34-24(32)17(27-21(29)18-20(28)26-10-9-25-18)12-33-23(31)16(19)11-15-7-5-4-6-8-15/h4-10,13-14,16-17,19H,11-12H2,1-3H3,(H,26,28)(H,27,29). The lowest BCUT2D eigenvalue weighted by Crippen LogP contribution is -2.47. The van der Waals surface area contributed by atoms with Crippen molar-refractivity contribution in [1.82, 2.24) is 15.3 Å². The zero-order chi connectivity index (χ0) is 25.5. The van der Waals surface area contributed by atoms with Gasteiger partial charge in [0.2, 0.25) is 0 Å². The summed E-state index contributed by atoms with van der Waals surface area (Å²) in [5.41, 5.74) is -0.433. The van der Waals surface area contributed by atoms with Crippen molar-refractivity contribution in [2.45, 2.75) is 45.4 Å². The Bertz CT molecular complexity index is 1130. The highest BCUT2D eigenvalue weighted by Crippen LogP contribution is 2.24. The van der Waals surface area contributed by atoms with Crippen molar-refractivity contribution < 1.29 is 33.4 Å². The number of benzene rings is 1. The first kappa shape index (κ1) is 25.6. The van der Waals surface area contributed by atoms with Crippen LogP contribution < -0.4 is 10.9 Å². The first-order chi connectivity index (χ1) is 16.7. The third-order valence-electron chi connectivity index (χ3n) is 5.39. The number of carbonyl (C=O) groups is 4. The number of carbonyl (C=O) groups excluding carboxylic acids is 4. The van der Waals surface area contributed by atoms with Gasteiger partial charge in [0.25, 0.3) is 11.5 Å². The minimum Gasteiger partial charge on any atom is -0.463 e. The second-order valence-electron chi connectivity index (χ2n) is 8.42. The number of nitrogens with one attached hydrogen (secondary N) is 2. The molecule has 2 heterocycles. The van der Waals surface area contributed by atoms with Crippen molar-refractivity contribution in [1.29, 1.82) is 0 Å². The molecule has 11 nitrogen and oxygen atoms in total. The van der Waals surface area contributed by atoms with Crippen LogP contribution in [0, 0.1) is 11.8 Å². The van der Waals surface area contributed by atoms with Crippen molar-refractivity contribution >= 4 is 23.8 Å². The normalized spacial score (nSPS) is 22.7. The fraction of sp³-hybridized carbons (Fsp3) is 0.417. The third-order valence-corrected chi connectivity index (χ3v) is 5.39. The van der Waals surface area contributed by atoms with Crippen molar-refractivity contribution in [3.63, 3.8) is 0 Å². The molecule has 1 amide bonds. The molecule has 186 valence electrons. The summed E-state index contributed by atoms with van der Waals surface area (Å²) >= 11 is 0. The van der Waals surface area contributed by atoms with E-state index in [1.54, 1.807) is 26.0 Å². The van der Waals surface area contributed by atoms with E-state index >= 15 is 0 Å². The van der Waals surface area contributed by atoms with Gasteiger partial charge in [0.15, 0.2) is 17.8 Å². The minimum absolute atomic E-state index is 0.165. The highest BCUT2D eigenvalue weighted by Gasteiger charge is 2.42. The molecule has 2 aromatic rings. The van der Waals surface area contributed by atoms with E-state index in [0.29, 0.717) is 0 Å². The van der Waals surface area contributed by atoms with Crippen LogP contribution in [0.1, 0.15) is 36.8 Å². The molecule has 11 heteroatoms. The first-order valence-corrected chi connectivity index (χ1v) is 11.1. The summed E-state index contributed by atoms with van der Waals surface area (Å²) in [5, 5.41) is 2.32. The maximum absolute atomic E-state index is 13.1. The van der Waals surface area contributed by atoms with Gasteiger partial charge in [-0.1, -0.05) is 44.2 Å². The maximum Gasteiger partial charge on any atom is 0.332 e. The molecule has 4 atom stereocenters. The van der Waals surface area contributed by atoms with Crippen molar-refractivity contribution in [3.8, 4) is 0 Å². The molecule has 0 bridgehead atoms. The number of esters is 3. The molecule has 1 aromatic heterocycles. The maximum atomic E-state index is 13.1. The number of aromatic amines is 1. The molecule has 1 saturated heterocycles. The quantitative estimate of drug-likeness (QED) is 0.446. The van der Waals surface area contributed by atoms with Crippen LogP contribution in [-0.2, 0) is 35.0 Å². The Morgan fingerprint density at radius 1 is 1.17 bits per heavy atom. The van der Waals surface area contributed by atoms with Crippen LogP contribution in [0.25, 0.3) is 0 Å². The second-order valence-corrected chi connectivity index (χ2v) is 8.42. The number of amides is 1. The van der Waals surface area contributed by atoms with Crippen molar-refractivity contribution in [2.24, 2.45) is 11.8 Å². The Morgan fingerprint density at radius 3 is 2.54 bits per heavy atom. The lowest BCUT2D eigenvalue weighted by Gasteiger charge is -2.29. The van der Waals surface area contributed by atoms with E-state index in [4.69, 9.17) is 14.2 Å². The molecule has 35 heavy (non-hydrogen) atoms. The molecular weight excluding hydrogens is 458 g/mol. The Hall–Kier alpha value is -4.02. The van der Waals surface area contributed by atoms with E-state index in [1.807, 2.05) is 18.2 Å². The molecule has 4 unspecified atom stereocenters. The topological polar surface area (TPSA) is 154 Å². The Balaban J connectivity index is 1.87. The molecule has 1 aliphatic rings. The second kappa shape index (κ2) is 11.4. The average molecular weight is 485 g/mol. The highest BCUT2D eigenvalue weighted by molar-refractivity contribution is 5.95. The van der Waals surface area contributed by atoms with Crippen molar-refractivity contribution in [2.75, 3.05) is 6.61 Å². The average Bonchev–Trinajstić information content (AvgIpc) is 2.86. The van der Waals surface area contributed by atoms with Gasteiger partial charge in [0.1, 0.15) is 18.6 Å². The lowest BCUT2D eigenvalue weighted by molar-refractivity contribution is -0.176. The van der Waals surface area contributed by atoms with Crippen LogP contribution in [-0.4, -0.2) is 58.6 Å². The molecular formula is C24H27N3O8. The number of hydrogen-bond donors (Lipinski definition) is 2. The summed E-state index contributed by atoms with van der Waals surface area (Å²) in [6, 6.07) is 7.65. The fourth-order valence-electron chi connectivity index (χ4n) is 3.49. The molecule has 1 aliphatic heterocycles. The summed E-state index contributed by atoms with van der Waals surface area (Å²) in [4.78, 5) is 68.8. The molecule has 3 rings (SSSR count). The predicted molar refractivity (Wildman–Crippen MR) is 121 cm³/mol. The van der Waals surface area contributed by atoms with Gasteiger partial charge in [-0.25, -0.2) is 9.78 Å². The molecule has 0 spiro atoms. The summed E-state index contributed by atoms with van der Waals surface area (Å²) in [5.74, 6) is -4.62. The van der Waals surface area contributed by atoms with Gasteiger partial charge in [0, 0.05) is 12.4 Å². The van der Waals surface area contributed by atoms with E-state index in [2.05, 4.69) is 15.3 Å². The molecule has 2 N–H and O–H groups in total. The molecule has 1 fully saturated rings. The summed E-state index contributed by atoms with van der Waals surface area (Å²) < 4.78 is 16.5. The number of nitrogens with zero attached hydrogens (tertiary/aromatic N) is 1. The molecule has 0 saturated carbocycles. The van der Waals surface area contributed by atoms with Gasteiger partial charge in [0.05, 0.1) is 5.92 Å². The van der Waals surface area contributed by atoms with Crippen LogP contribution in [0.2, 0.25) is 0 Å². The van der Waals surface area contributed by atoms with Gasteiger partial charge in [-0.2, -0.15) is 0 Å². The number of ether oxygens (including phenoxy) is 3. The summed E-state index contributed by atoms with van der Waals surface area (Å²) in [6.07, 6.45) is 0.457. The van der Waals surface area contributed by atoms with E-state index in [0.717, 1.165) is 5.56 Å². The fourth-order valence-corrected chi connectivity index (χ4v) is 3.49. The van der Waals surface area contributed by atoms with Gasteiger partial charge in [-0.05, 0) is 18.9 Å². The number of H-pyrrole nitrogens is 1. The van der Waals surface area contributed by atoms with E-state index < -0.39 is 71.8 Å². The van der Waals surface area contributed by atoms with E-state index in [-0.39, 0.29) is 6.42 Å². The first-order valence-electron chi connectivity index (χ1n) is 11.1. The number of hydrogen-bond acceptors (Lipinski definition) is 9. The minimum atomic E-state index is -1.41. The van der Waals surface area contributed by atoms with Gasteiger partial charge in [-0.3, -0.25) is 19.2 Å². The zero-order valence-corrected chi connectivity index (χ0v) is 19.6. The SMILES string of the molecule is CC(C)C(=O)OC1C(C)OC(=O)C(NC(=O)c2ncc[nH]c2=O)COC(=O)C1Cc1ccccc1. The van der Waals surface area contributed by atoms with Crippen LogP contribution in [0.4, 0.5) is 0 Å². The summed E-state index contributed by atoms with van der Waals surface area (Å²) in [6.45, 7) is 4.24. The van der Waals surface area contributed by atoms with E-state index in [9.17, 15) is 24.0 Å². The molecule has 0 aliphatic carbocycles.